The highest BCUT2D eigenvalue weighted by molar-refractivity contribution is 7.14. The van der Waals surface area contributed by atoms with E-state index in [1.165, 1.54) is 22.5 Å². The lowest BCUT2D eigenvalue weighted by atomic mass is 10.0. The smallest absolute Gasteiger partial charge is 0.275 e. The second-order valence-corrected chi connectivity index (χ2v) is 7.57. The maximum atomic E-state index is 12.4. The minimum absolute atomic E-state index is 0.202. The first-order valence-electron chi connectivity index (χ1n) is 8.63. The van der Waals surface area contributed by atoms with Crippen molar-refractivity contribution in [3.63, 3.8) is 0 Å². The maximum Gasteiger partial charge on any atom is 0.275 e. The van der Waals surface area contributed by atoms with Gasteiger partial charge >= 0.3 is 0 Å². The summed E-state index contributed by atoms with van der Waals surface area (Å²) in [6.07, 6.45) is 0. The molecule has 1 amide bonds. The van der Waals surface area contributed by atoms with Gasteiger partial charge in [-0.1, -0.05) is 43.7 Å². The maximum absolute atomic E-state index is 12.4. The Kier molecular flexibility index (Phi) is 5.38. The molecule has 0 saturated carbocycles. The number of carbonyl (C=O) groups excluding carboxylic acids is 1. The number of anilines is 3. The van der Waals surface area contributed by atoms with Gasteiger partial charge in [0.1, 0.15) is 5.69 Å². The minimum Gasteiger partial charge on any atom is -0.331 e. The van der Waals surface area contributed by atoms with Gasteiger partial charge in [0.25, 0.3) is 5.91 Å². The van der Waals surface area contributed by atoms with Crippen molar-refractivity contribution in [3.05, 3.63) is 70.2 Å². The molecule has 2 aromatic carbocycles. The molecule has 3 rings (SSSR count). The number of thiazole rings is 1. The molecule has 4 nitrogen and oxygen atoms in total. The predicted octanol–water partition coefficient (Wildman–Crippen LogP) is 5.88. The molecule has 1 heterocycles. The quantitative estimate of drug-likeness (QED) is 0.594. The summed E-state index contributed by atoms with van der Waals surface area (Å²) in [6, 6.07) is 14.1. The van der Waals surface area contributed by atoms with Crippen molar-refractivity contribution in [2.75, 3.05) is 10.6 Å². The molecule has 134 valence electrons. The van der Waals surface area contributed by atoms with E-state index in [0.29, 0.717) is 16.7 Å². The fraction of sp³-hybridized carbons (Fsp3) is 0.238. The van der Waals surface area contributed by atoms with Crippen LogP contribution in [0.1, 0.15) is 46.9 Å². The summed E-state index contributed by atoms with van der Waals surface area (Å²) < 4.78 is 0. The molecule has 0 saturated heterocycles. The molecule has 0 spiro atoms. The van der Waals surface area contributed by atoms with Crippen LogP contribution in [-0.4, -0.2) is 10.9 Å². The SMILES string of the molecule is Cc1ccc(Nc2nc(C(=O)Nc3ccc(C(C)C)cc3)cs2)c(C)c1. The second kappa shape index (κ2) is 7.70. The lowest BCUT2D eigenvalue weighted by Gasteiger charge is -2.08. The number of amides is 1. The Balaban J connectivity index is 1.67. The van der Waals surface area contributed by atoms with Crippen molar-refractivity contribution in [3.8, 4) is 0 Å². The largest absolute Gasteiger partial charge is 0.331 e. The molecule has 5 heteroatoms. The molecule has 0 radical (unpaired) electrons. The molecule has 0 unspecified atom stereocenters. The average Bonchev–Trinajstić information content (AvgIpc) is 3.07. The Hall–Kier alpha value is -2.66. The summed E-state index contributed by atoms with van der Waals surface area (Å²) in [5.41, 5.74) is 5.80. The van der Waals surface area contributed by atoms with Crippen LogP contribution >= 0.6 is 11.3 Å². The van der Waals surface area contributed by atoms with Crippen molar-refractivity contribution in [1.29, 1.82) is 0 Å². The Labute approximate surface area is 158 Å². The molecule has 0 fully saturated rings. The van der Waals surface area contributed by atoms with Crippen LogP contribution in [0.3, 0.4) is 0 Å². The predicted molar refractivity (Wildman–Crippen MR) is 110 cm³/mol. The van der Waals surface area contributed by atoms with Crippen molar-refractivity contribution in [2.45, 2.75) is 33.6 Å². The molecule has 1 aromatic heterocycles. The normalized spacial score (nSPS) is 10.8. The van der Waals surface area contributed by atoms with Gasteiger partial charge in [0.15, 0.2) is 5.13 Å². The first kappa shape index (κ1) is 18.1. The highest BCUT2D eigenvalue weighted by Crippen LogP contribution is 2.25. The van der Waals surface area contributed by atoms with Gasteiger partial charge in [-0.2, -0.15) is 0 Å². The molecule has 0 aliphatic rings. The van der Waals surface area contributed by atoms with Gasteiger partial charge in [-0.3, -0.25) is 4.79 Å². The van der Waals surface area contributed by atoms with E-state index in [-0.39, 0.29) is 5.91 Å². The minimum atomic E-state index is -0.202. The van der Waals surface area contributed by atoms with Crippen LogP contribution in [0.15, 0.2) is 47.8 Å². The molecular formula is C21H23N3OS. The van der Waals surface area contributed by atoms with Gasteiger partial charge in [0.2, 0.25) is 0 Å². The number of nitrogens with zero attached hydrogens (tertiary/aromatic N) is 1. The molecular weight excluding hydrogens is 342 g/mol. The van der Waals surface area contributed by atoms with Gasteiger partial charge in [0, 0.05) is 16.8 Å². The summed E-state index contributed by atoms with van der Waals surface area (Å²) in [7, 11) is 0. The zero-order valence-corrected chi connectivity index (χ0v) is 16.3. The van der Waals surface area contributed by atoms with Gasteiger partial charge in [0.05, 0.1) is 0 Å². The van der Waals surface area contributed by atoms with Crippen LogP contribution in [0.5, 0.6) is 0 Å². The van der Waals surface area contributed by atoms with Crippen molar-refractivity contribution >= 4 is 33.8 Å². The highest BCUT2D eigenvalue weighted by Gasteiger charge is 2.12. The Bertz CT molecular complexity index is 913. The van der Waals surface area contributed by atoms with Crippen molar-refractivity contribution < 1.29 is 4.79 Å². The zero-order valence-electron chi connectivity index (χ0n) is 15.5. The van der Waals surface area contributed by atoms with E-state index in [1.54, 1.807) is 5.38 Å². The average molecular weight is 366 g/mol. The van der Waals surface area contributed by atoms with Crippen LogP contribution in [0.4, 0.5) is 16.5 Å². The Morgan fingerprint density at radius 2 is 1.81 bits per heavy atom. The molecule has 0 bridgehead atoms. The van der Waals surface area contributed by atoms with Crippen molar-refractivity contribution in [2.24, 2.45) is 0 Å². The number of benzene rings is 2. The van der Waals surface area contributed by atoms with E-state index >= 15 is 0 Å². The fourth-order valence-corrected chi connectivity index (χ4v) is 3.35. The summed E-state index contributed by atoms with van der Waals surface area (Å²) >= 11 is 1.42. The van der Waals surface area contributed by atoms with E-state index in [1.807, 2.05) is 30.3 Å². The third-order valence-electron chi connectivity index (χ3n) is 4.20. The number of aryl methyl sites for hydroxylation is 2. The van der Waals surface area contributed by atoms with Gasteiger partial charge in [-0.15, -0.1) is 11.3 Å². The van der Waals surface area contributed by atoms with Crippen LogP contribution in [0.25, 0.3) is 0 Å². The van der Waals surface area contributed by atoms with E-state index in [4.69, 9.17) is 0 Å². The van der Waals surface area contributed by atoms with Gasteiger partial charge < -0.3 is 10.6 Å². The van der Waals surface area contributed by atoms with E-state index in [9.17, 15) is 4.79 Å². The lowest BCUT2D eigenvalue weighted by Crippen LogP contribution is -2.12. The monoisotopic (exact) mass is 365 g/mol. The van der Waals surface area contributed by atoms with Crippen LogP contribution < -0.4 is 10.6 Å². The third-order valence-corrected chi connectivity index (χ3v) is 4.95. The second-order valence-electron chi connectivity index (χ2n) is 6.71. The van der Waals surface area contributed by atoms with Gasteiger partial charge in [-0.05, 0) is 49.1 Å². The molecule has 2 N–H and O–H groups in total. The summed E-state index contributed by atoms with van der Waals surface area (Å²) in [4.78, 5) is 16.8. The lowest BCUT2D eigenvalue weighted by molar-refractivity contribution is 0.102. The zero-order chi connectivity index (χ0) is 18.7. The number of hydrogen-bond donors (Lipinski definition) is 2. The summed E-state index contributed by atoms with van der Waals surface area (Å²) in [5.74, 6) is 0.268. The van der Waals surface area contributed by atoms with E-state index in [0.717, 1.165) is 16.9 Å². The van der Waals surface area contributed by atoms with Gasteiger partial charge in [-0.25, -0.2) is 4.98 Å². The Morgan fingerprint density at radius 1 is 1.08 bits per heavy atom. The number of rotatable bonds is 5. The first-order valence-corrected chi connectivity index (χ1v) is 9.51. The topological polar surface area (TPSA) is 54.0 Å². The number of carbonyl (C=O) groups is 1. The third kappa shape index (κ3) is 4.29. The molecule has 0 aliphatic heterocycles. The standard InChI is InChI=1S/C21H23N3OS/c1-13(2)16-6-8-17(9-7-16)22-20(25)19-12-26-21(24-19)23-18-10-5-14(3)11-15(18)4/h5-13H,1-4H3,(H,22,25)(H,23,24). The Morgan fingerprint density at radius 3 is 2.46 bits per heavy atom. The highest BCUT2D eigenvalue weighted by atomic mass is 32.1. The molecule has 26 heavy (non-hydrogen) atoms. The summed E-state index contributed by atoms with van der Waals surface area (Å²) in [6.45, 7) is 8.41. The molecule has 3 aromatic rings. The van der Waals surface area contributed by atoms with Crippen LogP contribution in [-0.2, 0) is 0 Å². The molecule has 0 atom stereocenters. The molecule has 0 aliphatic carbocycles. The van der Waals surface area contributed by atoms with Crippen LogP contribution in [0.2, 0.25) is 0 Å². The fourth-order valence-electron chi connectivity index (χ4n) is 2.65. The van der Waals surface area contributed by atoms with Crippen LogP contribution in [0, 0.1) is 13.8 Å². The van der Waals surface area contributed by atoms with Crippen molar-refractivity contribution in [1.82, 2.24) is 4.98 Å². The number of aromatic nitrogens is 1. The van der Waals surface area contributed by atoms with E-state index in [2.05, 4.69) is 55.4 Å². The van der Waals surface area contributed by atoms with E-state index < -0.39 is 0 Å². The number of hydrogen-bond acceptors (Lipinski definition) is 4. The first-order chi connectivity index (χ1) is 12.4. The summed E-state index contributed by atoms with van der Waals surface area (Å²) in [5, 5.41) is 8.66. The number of nitrogens with one attached hydrogen (secondary N) is 2.